The average molecular weight is 429 g/mol. The molecule has 5 aromatic rings. The molecule has 31 heavy (non-hydrogen) atoms. The van der Waals surface area contributed by atoms with Crippen LogP contribution in [0.2, 0.25) is 5.15 Å². The third-order valence-corrected chi connectivity index (χ3v) is 5.21. The van der Waals surface area contributed by atoms with Crippen LogP contribution in [0.3, 0.4) is 0 Å². The maximum atomic E-state index is 13.3. The predicted octanol–water partition coefficient (Wildman–Crippen LogP) is 5.58. The minimum atomic E-state index is -0.153. The van der Waals surface area contributed by atoms with Crippen LogP contribution in [-0.4, -0.2) is 19.9 Å². The second kappa shape index (κ2) is 7.49. The van der Waals surface area contributed by atoms with Gasteiger partial charge < -0.3 is 9.40 Å². The van der Waals surface area contributed by atoms with Crippen molar-refractivity contribution in [3.8, 4) is 33.8 Å². The van der Waals surface area contributed by atoms with Crippen molar-refractivity contribution in [2.75, 3.05) is 0 Å². The molecule has 6 nitrogen and oxygen atoms in total. The fourth-order valence-electron chi connectivity index (χ4n) is 3.61. The molecule has 0 atom stereocenters. The molecule has 0 radical (unpaired) electrons. The highest BCUT2D eigenvalue weighted by molar-refractivity contribution is 6.29. The van der Waals surface area contributed by atoms with E-state index in [9.17, 15) is 4.79 Å². The van der Waals surface area contributed by atoms with Crippen molar-refractivity contribution in [1.82, 2.24) is 19.9 Å². The molecule has 0 saturated carbocycles. The summed E-state index contributed by atoms with van der Waals surface area (Å²) in [4.78, 5) is 29.8. The highest BCUT2D eigenvalue weighted by Crippen LogP contribution is 2.34. The third kappa shape index (κ3) is 3.51. The number of aromatic amines is 1. The fourth-order valence-corrected chi connectivity index (χ4v) is 3.86. The molecule has 7 heteroatoms. The summed E-state index contributed by atoms with van der Waals surface area (Å²) in [6.45, 7) is 3.74. The lowest BCUT2D eigenvalue weighted by Crippen LogP contribution is -2.09. The number of fused-ring (bicyclic) bond motifs is 1. The topological polar surface area (TPSA) is 84.7 Å². The van der Waals surface area contributed by atoms with Gasteiger partial charge in [0.05, 0.1) is 16.6 Å². The van der Waals surface area contributed by atoms with E-state index in [-0.39, 0.29) is 5.43 Å². The number of furan rings is 1. The Bertz CT molecular complexity index is 1470. The summed E-state index contributed by atoms with van der Waals surface area (Å²) in [5.41, 5.74) is 4.31. The number of H-pyrrole nitrogens is 1. The van der Waals surface area contributed by atoms with E-state index in [1.54, 1.807) is 24.5 Å². The van der Waals surface area contributed by atoms with E-state index in [0.29, 0.717) is 38.9 Å². The molecule has 0 aliphatic carbocycles. The molecular formula is C24H17ClN4O2. The van der Waals surface area contributed by atoms with Gasteiger partial charge in [0.25, 0.3) is 0 Å². The number of aryl methyl sites for hydroxylation is 2. The van der Waals surface area contributed by atoms with Gasteiger partial charge in [-0.2, -0.15) is 0 Å². The van der Waals surface area contributed by atoms with E-state index >= 15 is 0 Å². The minimum absolute atomic E-state index is 0.153. The molecule has 5 aromatic heterocycles. The predicted molar refractivity (Wildman–Crippen MR) is 121 cm³/mol. The zero-order valence-electron chi connectivity index (χ0n) is 16.8. The smallest absolute Gasteiger partial charge is 0.200 e. The van der Waals surface area contributed by atoms with Crippen LogP contribution >= 0.6 is 11.6 Å². The van der Waals surface area contributed by atoms with Crippen molar-refractivity contribution >= 4 is 22.6 Å². The number of rotatable bonds is 3. The Labute approximate surface area is 182 Å². The van der Waals surface area contributed by atoms with Gasteiger partial charge in [-0.05, 0) is 61.9 Å². The van der Waals surface area contributed by atoms with Gasteiger partial charge in [0.2, 0.25) is 0 Å². The van der Waals surface area contributed by atoms with Gasteiger partial charge in [0.1, 0.15) is 22.3 Å². The zero-order valence-corrected chi connectivity index (χ0v) is 17.6. The monoisotopic (exact) mass is 428 g/mol. The van der Waals surface area contributed by atoms with E-state index in [0.717, 1.165) is 22.6 Å². The van der Waals surface area contributed by atoms with Crippen molar-refractivity contribution < 1.29 is 4.42 Å². The van der Waals surface area contributed by atoms with Gasteiger partial charge in [-0.15, -0.1) is 0 Å². The summed E-state index contributed by atoms with van der Waals surface area (Å²) in [5.74, 6) is 1.38. The lowest BCUT2D eigenvalue weighted by Gasteiger charge is -2.11. The Hall–Kier alpha value is -3.77. The van der Waals surface area contributed by atoms with Crippen molar-refractivity contribution in [3.63, 3.8) is 0 Å². The Balaban J connectivity index is 1.83. The first-order valence-corrected chi connectivity index (χ1v) is 10.1. The summed E-state index contributed by atoms with van der Waals surface area (Å²) < 4.78 is 5.85. The molecule has 5 heterocycles. The Morgan fingerprint density at radius 2 is 1.87 bits per heavy atom. The van der Waals surface area contributed by atoms with Gasteiger partial charge >= 0.3 is 0 Å². The highest BCUT2D eigenvalue weighted by atomic mass is 35.5. The third-order valence-electron chi connectivity index (χ3n) is 5.01. The van der Waals surface area contributed by atoms with Gasteiger partial charge in [-0.1, -0.05) is 17.7 Å². The second-order valence-corrected chi connectivity index (χ2v) is 7.64. The van der Waals surface area contributed by atoms with Crippen LogP contribution in [0.15, 0.2) is 70.1 Å². The van der Waals surface area contributed by atoms with Gasteiger partial charge in [-0.25, -0.2) is 9.97 Å². The summed E-state index contributed by atoms with van der Waals surface area (Å²) in [6.07, 6.45) is 3.30. The number of nitrogens with one attached hydrogen (secondary N) is 1. The molecule has 1 N–H and O–H groups in total. The summed E-state index contributed by atoms with van der Waals surface area (Å²) in [6, 6.07) is 14.7. The van der Waals surface area contributed by atoms with Crippen LogP contribution < -0.4 is 5.43 Å². The normalized spacial score (nSPS) is 11.2. The first-order valence-electron chi connectivity index (χ1n) is 9.69. The van der Waals surface area contributed by atoms with Gasteiger partial charge in [0.15, 0.2) is 11.2 Å². The zero-order chi connectivity index (χ0) is 21.5. The Kier molecular flexibility index (Phi) is 4.64. The molecule has 0 amide bonds. The lowest BCUT2D eigenvalue weighted by atomic mass is 10.0. The standard InChI is InChI=1S/C24H17ClN4O2/c1-13-9-15(10-21(25)28-13)16-11-17-23(30)18(19-5-3-4-8-26-19)12-27-24(17)29-22(16)20-7-6-14(2)31-20/h3-12H,1-2H3,(H,27,29,30). The highest BCUT2D eigenvalue weighted by Gasteiger charge is 2.18. The number of halogens is 1. The Morgan fingerprint density at radius 3 is 2.58 bits per heavy atom. The van der Waals surface area contributed by atoms with E-state index in [1.165, 1.54) is 0 Å². The quantitative estimate of drug-likeness (QED) is 0.379. The number of pyridine rings is 4. The van der Waals surface area contributed by atoms with Crippen molar-refractivity contribution in [1.29, 1.82) is 0 Å². The number of hydrogen-bond acceptors (Lipinski definition) is 5. The van der Waals surface area contributed by atoms with Crippen LogP contribution in [0.25, 0.3) is 44.9 Å². The largest absolute Gasteiger partial charge is 0.460 e. The molecule has 152 valence electrons. The molecule has 0 spiro atoms. The first kappa shape index (κ1) is 19.2. The second-order valence-electron chi connectivity index (χ2n) is 7.26. The van der Waals surface area contributed by atoms with Crippen molar-refractivity contribution in [3.05, 3.63) is 87.8 Å². The fraction of sp³-hybridized carbons (Fsp3) is 0.0833. The molecule has 0 aliphatic rings. The van der Waals surface area contributed by atoms with Crippen LogP contribution in [0.5, 0.6) is 0 Å². The van der Waals surface area contributed by atoms with Crippen LogP contribution in [0.4, 0.5) is 0 Å². The van der Waals surface area contributed by atoms with E-state index in [4.69, 9.17) is 21.0 Å². The van der Waals surface area contributed by atoms with Crippen molar-refractivity contribution in [2.45, 2.75) is 13.8 Å². The summed E-state index contributed by atoms with van der Waals surface area (Å²) in [5, 5.41) is 0.823. The van der Waals surface area contributed by atoms with Crippen molar-refractivity contribution in [2.24, 2.45) is 0 Å². The number of hydrogen-bond donors (Lipinski definition) is 1. The SMILES string of the molecule is Cc1cc(-c2cc3c(=O)c(-c4ccccn4)c[nH]c3nc2-c2ccc(C)o2)cc(Cl)n1. The molecule has 0 bridgehead atoms. The summed E-state index contributed by atoms with van der Waals surface area (Å²) >= 11 is 6.23. The van der Waals surface area contributed by atoms with Crippen LogP contribution in [-0.2, 0) is 0 Å². The van der Waals surface area contributed by atoms with E-state index in [1.807, 2.05) is 50.2 Å². The molecule has 0 saturated heterocycles. The maximum absolute atomic E-state index is 13.3. The van der Waals surface area contributed by atoms with E-state index in [2.05, 4.69) is 15.0 Å². The number of nitrogens with zero attached hydrogens (tertiary/aromatic N) is 3. The van der Waals surface area contributed by atoms with Crippen LogP contribution in [0, 0.1) is 13.8 Å². The minimum Gasteiger partial charge on any atom is -0.460 e. The van der Waals surface area contributed by atoms with Crippen LogP contribution in [0.1, 0.15) is 11.5 Å². The molecule has 0 fully saturated rings. The molecule has 0 aliphatic heterocycles. The summed E-state index contributed by atoms with van der Waals surface area (Å²) in [7, 11) is 0. The molecular weight excluding hydrogens is 412 g/mol. The van der Waals surface area contributed by atoms with Gasteiger partial charge in [-0.3, -0.25) is 9.78 Å². The maximum Gasteiger partial charge on any atom is 0.200 e. The van der Waals surface area contributed by atoms with Gasteiger partial charge in [0, 0.05) is 23.7 Å². The number of aromatic nitrogens is 4. The molecule has 5 rings (SSSR count). The molecule has 0 aromatic carbocycles. The van der Waals surface area contributed by atoms with E-state index < -0.39 is 0 Å². The first-order chi connectivity index (χ1) is 15.0. The Morgan fingerprint density at radius 1 is 1.00 bits per heavy atom. The lowest BCUT2D eigenvalue weighted by molar-refractivity contribution is 0.547. The average Bonchev–Trinajstić information content (AvgIpc) is 3.19. The molecule has 0 unspecified atom stereocenters.